The number of hydrogen-bond acceptors (Lipinski definition) is 2. The van der Waals surface area contributed by atoms with Gasteiger partial charge in [0.05, 0.1) is 0 Å². The lowest BCUT2D eigenvalue weighted by Gasteiger charge is -2.29. The molecule has 1 aliphatic heterocycles. The lowest BCUT2D eigenvalue weighted by molar-refractivity contribution is 0.453. The SMILES string of the molecule is O=P(c1ccccc1)(c1ccccc1)c1ccc(C2c3ccccc3Oc3ccccc32)cc1. The Hall–Kier alpha value is -3.87. The van der Waals surface area contributed by atoms with E-state index in [1.807, 2.05) is 97.1 Å². The topological polar surface area (TPSA) is 26.3 Å². The molecule has 34 heavy (non-hydrogen) atoms. The third kappa shape index (κ3) is 3.39. The number of hydrogen-bond donors (Lipinski definition) is 0. The molecule has 0 bridgehead atoms. The van der Waals surface area contributed by atoms with Crippen molar-refractivity contribution >= 4 is 23.1 Å². The zero-order chi connectivity index (χ0) is 23.0. The normalized spacial score (nSPS) is 12.9. The summed E-state index contributed by atoms with van der Waals surface area (Å²) in [7, 11) is -2.99. The van der Waals surface area contributed by atoms with Gasteiger partial charge >= 0.3 is 0 Å². The van der Waals surface area contributed by atoms with Crippen LogP contribution in [0.25, 0.3) is 0 Å². The van der Waals surface area contributed by atoms with Gasteiger partial charge in [0.2, 0.25) is 0 Å². The lowest BCUT2D eigenvalue weighted by Crippen LogP contribution is -2.25. The van der Waals surface area contributed by atoms with E-state index in [1.54, 1.807) is 0 Å². The fourth-order valence-corrected chi connectivity index (χ4v) is 7.52. The number of rotatable bonds is 4. The maximum Gasteiger partial charge on any atom is 0.171 e. The molecule has 0 unspecified atom stereocenters. The summed E-state index contributed by atoms with van der Waals surface area (Å²) in [4.78, 5) is 0. The fourth-order valence-electron chi connectivity index (χ4n) is 4.87. The van der Waals surface area contributed by atoms with Crippen LogP contribution in [-0.4, -0.2) is 0 Å². The molecule has 0 saturated heterocycles. The van der Waals surface area contributed by atoms with Gasteiger partial charge in [0, 0.05) is 33.0 Å². The van der Waals surface area contributed by atoms with Crippen molar-refractivity contribution in [1.82, 2.24) is 0 Å². The van der Waals surface area contributed by atoms with E-state index in [4.69, 9.17) is 4.74 Å². The van der Waals surface area contributed by atoms with E-state index >= 15 is 0 Å². The summed E-state index contributed by atoms with van der Waals surface area (Å²) in [6, 6.07) is 44.3. The van der Waals surface area contributed by atoms with Crippen LogP contribution >= 0.6 is 7.14 Å². The average molecular weight is 458 g/mol. The van der Waals surface area contributed by atoms with Crippen LogP contribution in [0, 0.1) is 0 Å². The van der Waals surface area contributed by atoms with Crippen molar-refractivity contribution in [2.24, 2.45) is 0 Å². The summed E-state index contributed by atoms with van der Waals surface area (Å²) in [5, 5.41) is 2.52. The van der Waals surface area contributed by atoms with E-state index in [2.05, 4.69) is 36.4 Å². The maximum atomic E-state index is 14.7. The summed E-state index contributed by atoms with van der Waals surface area (Å²) < 4.78 is 20.9. The number of fused-ring (bicyclic) bond motifs is 2. The monoisotopic (exact) mass is 458 g/mol. The van der Waals surface area contributed by atoms with E-state index in [9.17, 15) is 4.57 Å². The van der Waals surface area contributed by atoms with Crippen LogP contribution in [0.2, 0.25) is 0 Å². The van der Waals surface area contributed by atoms with Crippen molar-refractivity contribution in [3.63, 3.8) is 0 Å². The maximum absolute atomic E-state index is 14.7. The van der Waals surface area contributed by atoms with Gasteiger partial charge < -0.3 is 9.30 Å². The Balaban J connectivity index is 1.49. The lowest BCUT2D eigenvalue weighted by atomic mass is 9.83. The number of ether oxygens (including phenoxy) is 1. The molecule has 0 fully saturated rings. The van der Waals surface area contributed by atoms with Gasteiger partial charge in [0.25, 0.3) is 0 Å². The summed E-state index contributed by atoms with van der Waals surface area (Å²) in [6.45, 7) is 0. The third-order valence-electron chi connectivity index (χ3n) is 6.51. The molecule has 0 N–H and O–H groups in total. The minimum atomic E-state index is -2.99. The highest BCUT2D eigenvalue weighted by Gasteiger charge is 2.31. The molecule has 2 nitrogen and oxygen atoms in total. The molecule has 1 heterocycles. The van der Waals surface area contributed by atoms with E-state index < -0.39 is 7.14 Å². The van der Waals surface area contributed by atoms with E-state index in [0.29, 0.717) is 0 Å². The molecular weight excluding hydrogens is 435 g/mol. The van der Waals surface area contributed by atoms with Crippen LogP contribution in [-0.2, 0) is 4.57 Å². The smallest absolute Gasteiger partial charge is 0.171 e. The molecular formula is C31H23O2P. The molecule has 5 aromatic rings. The molecule has 0 spiro atoms. The van der Waals surface area contributed by atoms with Crippen molar-refractivity contribution in [2.75, 3.05) is 0 Å². The van der Waals surface area contributed by atoms with Gasteiger partial charge in [0.1, 0.15) is 11.5 Å². The summed E-state index contributed by atoms with van der Waals surface area (Å²) >= 11 is 0. The number of benzene rings is 5. The standard InChI is InChI=1S/C31H23O2P/c32-34(24-11-3-1-4-12-24,25-13-5-2-6-14-25)26-21-19-23(20-22-26)31-27-15-7-9-17-29(27)33-30-18-10-8-16-28(30)31/h1-22,31H. The molecule has 164 valence electrons. The van der Waals surface area contributed by atoms with Gasteiger partial charge in [-0.3, -0.25) is 0 Å². The van der Waals surface area contributed by atoms with E-state index in [1.165, 1.54) is 0 Å². The summed E-state index contributed by atoms with van der Waals surface area (Å²) in [5.41, 5.74) is 3.44. The molecule has 0 atom stereocenters. The van der Waals surface area contributed by atoms with Crippen LogP contribution < -0.4 is 20.7 Å². The largest absolute Gasteiger partial charge is 0.457 e. The molecule has 0 aromatic heterocycles. The molecule has 0 aliphatic carbocycles. The van der Waals surface area contributed by atoms with Gasteiger partial charge in [-0.05, 0) is 17.7 Å². The Morgan fingerprint density at radius 1 is 0.471 bits per heavy atom. The molecule has 0 amide bonds. The van der Waals surface area contributed by atoms with Crippen molar-refractivity contribution in [1.29, 1.82) is 0 Å². The zero-order valence-corrected chi connectivity index (χ0v) is 19.4. The first-order valence-electron chi connectivity index (χ1n) is 11.4. The zero-order valence-electron chi connectivity index (χ0n) is 18.5. The van der Waals surface area contributed by atoms with E-state index in [-0.39, 0.29) is 5.92 Å². The van der Waals surface area contributed by atoms with Gasteiger partial charge in [0.15, 0.2) is 7.14 Å². The molecule has 1 aliphatic rings. The molecule has 3 heteroatoms. The van der Waals surface area contributed by atoms with Crippen LogP contribution in [0.3, 0.4) is 0 Å². The van der Waals surface area contributed by atoms with Crippen molar-refractivity contribution in [3.8, 4) is 11.5 Å². The van der Waals surface area contributed by atoms with Crippen LogP contribution in [0.1, 0.15) is 22.6 Å². The Morgan fingerprint density at radius 2 is 0.882 bits per heavy atom. The van der Waals surface area contributed by atoms with Gasteiger partial charge in [-0.1, -0.05) is 121 Å². The van der Waals surface area contributed by atoms with Crippen LogP contribution in [0.15, 0.2) is 133 Å². The Bertz CT molecular complexity index is 1400. The van der Waals surface area contributed by atoms with Crippen molar-refractivity contribution in [2.45, 2.75) is 5.92 Å². The summed E-state index contributed by atoms with van der Waals surface area (Å²) in [6.07, 6.45) is 0. The fraction of sp³-hybridized carbons (Fsp3) is 0.0323. The predicted octanol–water partition coefficient (Wildman–Crippen LogP) is 6.61. The minimum absolute atomic E-state index is 0.0584. The first-order valence-corrected chi connectivity index (χ1v) is 13.1. The predicted molar refractivity (Wildman–Crippen MR) is 140 cm³/mol. The molecule has 0 radical (unpaired) electrons. The van der Waals surface area contributed by atoms with Gasteiger partial charge in [-0.2, -0.15) is 0 Å². The third-order valence-corrected chi connectivity index (χ3v) is 9.59. The molecule has 5 aromatic carbocycles. The van der Waals surface area contributed by atoms with Crippen molar-refractivity contribution < 1.29 is 9.30 Å². The first-order chi connectivity index (χ1) is 16.7. The van der Waals surface area contributed by atoms with E-state index in [0.717, 1.165) is 44.1 Å². The van der Waals surface area contributed by atoms with Gasteiger partial charge in [-0.15, -0.1) is 0 Å². The minimum Gasteiger partial charge on any atom is -0.457 e. The highest BCUT2D eigenvalue weighted by atomic mass is 31.2. The van der Waals surface area contributed by atoms with Gasteiger partial charge in [-0.25, -0.2) is 0 Å². The average Bonchev–Trinajstić information content (AvgIpc) is 2.92. The quantitative estimate of drug-likeness (QED) is 0.278. The second-order valence-electron chi connectivity index (χ2n) is 8.48. The number of para-hydroxylation sites is 2. The van der Waals surface area contributed by atoms with Crippen LogP contribution in [0.4, 0.5) is 0 Å². The second-order valence-corrected chi connectivity index (χ2v) is 11.3. The highest BCUT2D eigenvalue weighted by molar-refractivity contribution is 7.85. The highest BCUT2D eigenvalue weighted by Crippen LogP contribution is 2.48. The Morgan fingerprint density at radius 3 is 1.38 bits per heavy atom. The first kappa shape index (κ1) is 20.7. The molecule has 0 saturated carbocycles. The second kappa shape index (κ2) is 8.48. The summed E-state index contributed by atoms with van der Waals surface area (Å²) in [5.74, 6) is 1.83. The molecule has 6 rings (SSSR count). The van der Waals surface area contributed by atoms with Crippen molar-refractivity contribution in [3.05, 3.63) is 150 Å². The Labute approximate surface area is 199 Å². The van der Waals surface area contributed by atoms with Crippen LogP contribution in [0.5, 0.6) is 11.5 Å². The Kier molecular flexibility index (Phi) is 5.17.